The number of fused-ring (bicyclic) bond motifs is 4. The molecule has 1 saturated heterocycles. The van der Waals surface area contributed by atoms with E-state index >= 15 is 0 Å². The summed E-state index contributed by atoms with van der Waals surface area (Å²) >= 11 is 0. The Bertz CT molecular complexity index is 703. The lowest BCUT2D eigenvalue weighted by Crippen LogP contribution is -2.30. The molecule has 2 aliphatic rings. The van der Waals surface area contributed by atoms with Crippen molar-refractivity contribution in [2.75, 3.05) is 13.7 Å². The van der Waals surface area contributed by atoms with Crippen LogP contribution in [0.1, 0.15) is 22.9 Å². The first-order chi connectivity index (χ1) is 11.7. The van der Waals surface area contributed by atoms with Crippen molar-refractivity contribution >= 4 is 12.5 Å². The van der Waals surface area contributed by atoms with Crippen molar-refractivity contribution in [1.82, 2.24) is 20.2 Å². The molecule has 1 aromatic heterocycles. The lowest BCUT2D eigenvalue weighted by Gasteiger charge is -2.22. The van der Waals surface area contributed by atoms with Gasteiger partial charge in [0, 0.05) is 5.56 Å². The third-order valence-corrected chi connectivity index (χ3v) is 3.90. The average Bonchev–Trinajstić information content (AvgIpc) is 3.20. The van der Waals surface area contributed by atoms with E-state index in [1.54, 1.807) is 11.1 Å². The Morgan fingerprint density at radius 3 is 2.83 bits per heavy atom. The zero-order chi connectivity index (χ0) is 16.9. The maximum absolute atomic E-state index is 12.3. The number of aromatic nitrogens is 2. The molecule has 24 heavy (non-hydrogen) atoms. The third-order valence-electron chi connectivity index (χ3n) is 3.90. The van der Waals surface area contributed by atoms with E-state index in [2.05, 4.69) is 14.9 Å². The number of aromatic amines is 1. The first-order valence-corrected chi connectivity index (χ1v) is 7.48. The number of H-pyrrole nitrogens is 1. The van der Waals surface area contributed by atoms with Crippen molar-refractivity contribution in [3.05, 3.63) is 53.3 Å². The molecule has 0 radical (unpaired) electrons. The van der Waals surface area contributed by atoms with E-state index in [1.165, 1.54) is 12.2 Å². The SMILES string of the molecule is COC=O.O=C1N2Cc3[nH]ncc3C(C2)N1OCc1ccccc1. The van der Waals surface area contributed by atoms with Crippen molar-refractivity contribution in [3.63, 3.8) is 0 Å². The number of amides is 2. The molecule has 1 N–H and O–H groups in total. The fourth-order valence-electron chi connectivity index (χ4n) is 2.78. The second-order valence-electron chi connectivity index (χ2n) is 5.40. The van der Waals surface area contributed by atoms with Gasteiger partial charge in [0.1, 0.15) is 12.6 Å². The Hall–Kier alpha value is -2.87. The number of methoxy groups -OCH3 is 1. The zero-order valence-corrected chi connectivity index (χ0v) is 13.2. The number of nitrogens with zero attached hydrogens (tertiary/aromatic N) is 3. The van der Waals surface area contributed by atoms with Gasteiger partial charge in [-0.2, -0.15) is 10.2 Å². The van der Waals surface area contributed by atoms with Gasteiger partial charge < -0.3 is 9.64 Å². The molecule has 4 rings (SSSR count). The van der Waals surface area contributed by atoms with Crippen LogP contribution < -0.4 is 0 Å². The Labute approximate surface area is 138 Å². The Morgan fingerprint density at radius 2 is 2.12 bits per heavy atom. The smallest absolute Gasteiger partial charge is 0.345 e. The summed E-state index contributed by atoms with van der Waals surface area (Å²) in [5.74, 6) is 0. The number of nitrogens with one attached hydrogen (secondary N) is 1. The largest absolute Gasteiger partial charge is 0.471 e. The van der Waals surface area contributed by atoms with E-state index in [4.69, 9.17) is 9.63 Å². The van der Waals surface area contributed by atoms with Gasteiger partial charge in [0.15, 0.2) is 0 Å². The lowest BCUT2D eigenvalue weighted by molar-refractivity contribution is -0.141. The zero-order valence-electron chi connectivity index (χ0n) is 13.2. The number of carbonyl (C=O) groups excluding carboxylic acids is 2. The van der Waals surface area contributed by atoms with Crippen LogP contribution in [0.15, 0.2) is 36.5 Å². The molecule has 8 heteroatoms. The van der Waals surface area contributed by atoms with E-state index in [9.17, 15) is 4.79 Å². The van der Waals surface area contributed by atoms with E-state index in [0.717, 1.165) is 16.8 Å². The number of hydrogen-bond donors (Lipinski definition) is 1. The fourth-order valence-corrected chi connectivity index (χ4v) is 2.78. The van der Waals surface area contributed by atoms with E-state index in [0.29, 0.717) is 26.2 Å². The molecule has 2 aliphatic heterocycles. The minimum atomic E-state index is -0.0736. The molecular formula is C16H18N4O4. The molecule has 2 aromatic rings. The normalized spacial score (nSPS) is 17.9. The third kappa shape index (κ3) is 3.09. The second kappa shape index (κ2) is 7.14. The lowest BCUT2D eigenvalue weighted by atomic mass is 10.1. The van der Waals surface area contributed by atoms with Gasteiger partial charge in [-0.3, -0.25) is 14.7 Å². The molecule has 2 bridgehead atoms. The molecule has 126 valence electrons. The number of rotatable bonds is 4. The fraction of sp³-hybridized carbons (Fsp3) is 0.312. The summed E-state index contributed by atoms with van der Waals surface area (Å²) < 4.78 is 3.86. The summed E-state index contributed by atoms with van der Waals surface area (Å²) in [5, 5.41) is 8.48. The predicted octanol–water partition coefficient (Wildman–Crippen LogP) is 1.62. The predicted molar refractivity (Wildman–Crippen MR) is 83.3 cm³/mol. The highest BCUT2D eigenvalue weighted by Gasteiger charge is 2.44. The van der Waals surface area contributed by atoms with Crippen LogP contribution in [0.2, 0.25) is 0 Å². The van der Waals surface area contributed by atoms with Gasteiger partial charge in [0.2, 0.25) is 0 Å². The van der Waals surface area contributed by atoms with Gasteiger partial charge in [0.25, 0.3) is 6.47 Å². The highest BCUT2D eigenvalue weighted by atomic mass is 16.7. The maximum Gasteiger partial charge on any atom is 0.345 e. The van der Waals surface area contributed by atoms with Crippen molar-refractivity contribution in [2.45, 2.75) is 19.2 Å². The number of benzene rings is 1. The molecule has 0 spiro atoms. The Kier molecular flexibility index (Phi) is 4.76. The minimum Gasteiger partial charge on any atom is -0.471 e. The van der Waals surface area contributed by atoms with Crippen LogP contribution in [-0.4, -0.2) is 46.3 Å². The van der Waals surface area contributed by atoms with Crippen molar-refractivity contribution in [2.24, 2.45) is 0 Å². The quantitative estimate of drug-likeness (QED) is 0.861. The van der Waals surface area contributed by atoms with Gasteiger partial charge in [-0.15, -0.1) is 0 Å². The second-order valence-corrected chi connectivity index (χ2v) is 5.40. The van der Waals surface area contributed by atoms with E-state index in [-0.39, 0.29) is 12.1 Å². The molecule has 0 aliphatic carbocycles. The molecule has 2 amide bonds. The van der Waals surface area contributed by atoms with Crippen LogP contribution in [0.5, 0.6) is 0 Å². The summed E-state index contributed by atoms with van der Waals surface area (Å²) in [6.45, 7) is 2.01. The molecule has 1 atom stereocenters. The Balaban J connectivity index is 0.000000383. The van der Waals surface area contributed by atoms with E-state index in [1.807, 2.05) is 30.3 Å². The monoisotopic (exact) mass is 330 g/mol. The average molecular weight is 330 g/mol. The molecule has 0 saturated carbocycles. The molecule has 1 aromatic carbocycles. The first kappa shape index (κ1) is 16.0. The number of hydroxylamine groups is 2. The molecule has 3 heterocycles. The van der Waals surface area contributed by atoms with Gasteiger partial charge in [-0.1, -0.05) is 30.3 Å². The Morgan fingerprint density at radius 1 is 1.38 bits per heavy atom. The number of hydrogen-bond acceptors (Lipinski definition) is 5. The van der Waals surface area contributed by atoms with Gasteiger partial charge in [-0.25, -0.2) is 4.79 Å². The highest BCUT2D eigenvalue weighted by molar-refractivity contribution is 5.77. The topological polar surface area (TPSA) is 87.8 Å². The molecule has 1 fully saturated rings. The minimum absolute atomic E-state index is 0.0614. The van der Waals surface area contributed by atoms with Gasteiger partial charge >= 0.3 is 6.03 Å². The van der Waals surface area contributed by atoms with Crippen LogP contribution in [-0.2, 0) is 27.5 Å². The maximum atomic E-state index is 12.3. The number of ether oxygens (including phenoxy) is 1. The summed E-state index contributed by atoms with van der Waals surface area (Å²) in [4.78, 5) is 28.7. The highest BCUT2D eigenvalue weighted by Crippen LogP contribution is 2.36. The van der Waals surface area contributed by atoms with Crippen molar-refractivity contribution in [3.8, 4) is 0 Å². The van der Waals surface area contributed by atoms with Crippen LogP contribution in [0.3, 0.4) is 0 Å². The van der Waals surface area contributed by atoms with Crippen LogP contribution >= 0.6 is 0 Å². The van der Waals surface area contributed by atoms with Gasteiger partial charge in [-0.05, 0) is 5.56 Å². The summed E-state index contributed by atoms with van der Waals surface area (Å²) in [7, 11) is 1.31. The summed E-state index contributed by atoms with van der Waals surface area (Å²) in [6.07, 6.45) is 1.79. The number of carbonyl (C=O) groups is 2. The van der Waals surface area contributed by atoms with E-state index < -0.39 is 0 Å². The summed E-state index contributed by atoms with van der Waals surface area (Å²) in [6, 6.07) is 9.71. The van der Waals surface area contributed by atoms with Crippen LogP contribution in [0.4, 0.5) is 4.79 Å². The van der Waals surface area contributed by atoms with Crippen LogP contribution in [0.25, 0.3) is 0 Å². The summed E-state index contributed by atoms with van der Waals surface area (Å²) in [5.41, 5.74) is 3.10. The first-order valence-electron chi connectivity index (χ1n) is 7.48. The molecule has 1 unspecified atom stereocenters. The standard InChI is InChI=1S/C14H14N4O2.C2H4O2/c19-14-17-7-12-11(6-15-16-12)13(8-17)18(14)20-9-10-4-2-1-3-5-10;1-4-2-3/h1-6,13H,7-9H2,(H,15,16);2H,1H3. The van der Waals surface area contributed by atoms with Crippen LogP contribution in [0, 0.1) is 0 Å². The van der Waals surface area contributed by atoms with Crippen molar-refractivity contribution < 1.29 is 19.2 Å². The van der Waals surface area contributed by atoms with Gasteiger partial charge in [0.05, 0.1) is 32.1 Å². The number of urea groups is 1. The molecular weight excluding hydrogens is 312 g/mol. The molecule has 8 nitrogen and oxygen atoms in total. The van der Waals surface area contributed by atoms with Crippen molar-refractivity contribution in [1.29, 1.82) is 0 Å².